The van der Waals surface area contributed by atoms with Crippen LogP contribution in [0.15, 0.2) is 85.2 Å². The first-order valence-corrected chi connectivity index (χ1v) is 11.4. The minimum atomic E-state index is -0.145. The van der Waals surface area contributed by atoms with Crippen LogP contribution in [0.4, 0.5) is 5.69 Å². The molecule has 5 nitrogen and oxygen atoms in total. The Morgan fingerprint density at radius 3 is 2.48 bits per heavy atom. The molecular formula is C26H23ClN4OS. The maximum atomic E-state index is 6.49. The summed E-state index contributed by atoms with van der Waals surface area (Å²) in [6.07, 6.45) is 3.89. The van der Waals surface area contributed by atoms with Crippen molar-refractivity contribution >= 4 is 34.6 Å². The second-order valence-electron chi connectivity index (χ2n) is 7.95. The van der Waals surface area contributed by atoms with Crippen molar-refractivity contribution in [3.05, 3.63) is 107 Å². The van der Waals surface area contributed by atoms with Crippen LogP contribution in [0.2, 0.25) is 5.02 Å². The minimum Gasteiger partial charge on any atom is -0.495 e. The number of rotatable bonds is 5. The molecule has 1 N–H and O–H groups in total. The van der Waals surface area contributed by atoms with E-state index in [1.807, 2.05) is 42.6 Å². The molecule has 4 aromatic rings. The number of hydrogen-bond donors (Lipinski definition) is 1. The number of nitrogens with zero attached hydrogens (tertiary/aromatic N) is 3. The lowest BCUT2D eigenvalue weighted by atomic mass is 10.0. The molecule has 1 aliphatic heterocycles. The van der Waals surface area contributed by atoms with Gasteiger partial charge in [-0.25, -0.2) is 0 Å². The molecule has 0 aliphatic carbocycles. The van der Waals surface area contributed by atoms with Gasteiger partial charge < -0.3 is 19.5 Å². The average molecular weight is 475 g/mol. The van der Waals surface area contributed by atoms with E-state index in [4.69, 9.17) is 28.6 Å². The van der Waals surface area contributed by atoms with Crippen LogP contribution in [-0.4, -0.2) is 21.8 Å². The molecule has 2 atom stereocenters. The largest absolute Gasteiger partial charge is 0.495 e. The average Bonchev–Trinajstić information content (AvgIpc) is 3.44. The maximum Gasteiger partial charge on any atom is 0.174 e. The van der Waals surface area contributed by atoms with Gasteiger partial charge in [0.25, 0.3) is 0 Å². The number of hydrogen-bond acceptors (Lipinski definition) is 3. The molecule has 7 heteroatoms. The van der Waals surface area contributed by atoms with Crippen LogP contribution in [-0.2, 0) is 0 Å². The summed E-state index contributed by atoms with van der Waals surface area (Å²) in [5.41, 5.74) is 5.21. The molecule has 1 fully saturated rings. The third kappa shape index (κ3) is 3.96. The van der Waals surface area contributed by atoms with Gasteiger partial charge in [0.15, 0.2) is 5.11 Å². The van der Waals surface area contributed by atoms with E-state index in [9.17, 15) is 0 Å². The Morgan fingerprint density at radius 2 is 1.79 bits per heavy atom. The Hall–Kier alpha value is -3.35. The zero-order valence-electron chi connectivity index (χ0n) is 18.3. The molecule has 33 heavy (non-hydrogen) atoms. The molecule has 0 spiro atoms. The minimum absolute atomic E-state index is 0.140. The third-order valence-electron chi connectivity index (χ3n) is 5.91. The molecule has 1 aliphatic rings. The summed E-state index contributed by atoms with van der Waals surface area (Å²) in [5.74, 6) is 0.624. The van der Waals surface area contributed by atoms with Gasteiger partial charge in [-0.05, 0) is 73.7 Å². The van der Waals surface area contributed by atoms with Crippen molar-refractivity contribution in [3.63, 3.8) is 0 Å². The standard InChI is InChI=1S/C26H23ClN4OS/c1-17-8-10-18(11-9-17)30-15-5-7-22(30)25-24(21-6-3-4-14-28-21)29-26(33)31(25)19-12-13-23(32-2)20(27)16-19/h3-16,24-25H,1-2H3,(H,29,33). The van der Waals surface area contributed by atoms with Gasteiger partial charge in [-0.3, -0.25) is 4.98 Å². The molecular weight excluding hydrogens is 452 g/mol. The SMILES string of the molecule is COc1ccc(N2C(=S)NC(c3ccccn3)C2c2cccn2-c2ccc(C)cc2)cc1Cl. The molecule has 0 bridgehead atoms. The van der Waals surface area contributed by atoms with E-state index in [0.29, 0.717) is 15.9 Å². The fourth-order valence-electron chi connectivity index (χ4n) is 4.31. The van der Waals surface area contributed by atoms with Crippen LogP contribution in [0.3, 0.4) is 0 Å². The molecule has 3 heterocycles. The molecule has 2 unspecified atom stereocenters. The van der Waals surface area contributed by atoms with E-state index in [1.165, 1.54) is 5.56 Å². The molecule has 0 saturated carbocycles. The first kappa shape index (κ1) is 21.5. The molecule has 2 aromatic carbocycles. The molecule has 0 amide bonds. The molecule has 1 saturated heterocycles. The second-order valence-corrected chi connectivity index (χ2v) is 8.75. The number of methoxy groups -OCH3 is 1. The van der Waals surface area contributed by atoms with Crippen molar-refractivity contribution < 1.29 is 4.74 Å². The number of ether oxygens (including phenoxy) is 1. The number of thiocarbonyl (C=S) groups is 1. The molecule has 0 radical (unpaired) electrons. The fraction of sp³-hybridized carbons (Fsp3) is 0.154. The Balaban J connectivity index is 1.66. The van der Waals surface area contributed by atoms with Crippen LogP contribution in [0.1, 0.15) is 29.0 Å². The van der Waals surface area contributed by atoms with Crippen molar-refractivity contribution in [1.29, 1.82) is 0 Å². The normalized spacial score (nSPS) is 17.8. The first-order chi connectivity index (χ1) is 16.1. The van der Waals surface area contributed by atoms with E-state index in [-0.39, 0.29) is 12.1 Å². The number of halogens is 1. The molecule has 5 rings (SSSR count). The highest BCUT2D eigenvalue weighted by molar-refractivity contribution is 7.80. The van der Waals surface area contributed by atoms with Crippen LogP contribution in [0, 0.1) is 6.92 Å². The van der Waals surface area contributed by atoms with Gasteiger partial charge in [0, 0.05) is 29.5 Å². The highest BCUT2D eigenvalue weighted by Gasteiger charge is 2.42. The summed E-state index contributed by atoms with van der Waals surface area (Å²) in [4.78, 5) is 6.75. The van der Waals surface area contributed by atoms with Gasteiger partial charge in [0.05, 0.1) is 23.9 Å². The smallest absolute Gasteiger partial charge is 0.174 e. The molecule has 2 aromatic heterocycles. The van der Waals surface area contributed by atoms with Crippen molar-refractivity contribution in [2.45, 2.75) is 19.0 Å². The van der Waals surface area contributed by atoms with E-state index >= 15 is 0 Å². The van der Waals surface area contributed by atoms with E-state index in [2.05, 4.69) is 69.3 Å². The number of nitrogens with one attached hydrogen (secondary N) is 1. The van der Waals surface area contributed by atoms with Gasteiger partial charge in [-0.15, -0.1) is 0 Å². The summed E-state index contributed by atoms with van der Waals surface area (Å²) in [5, 5.41) is 4.65. The van der Waals surface area contributed by atoms with Crippen LogP contribution < -0.4 is 15.0 Å². The predicted octanol–water partition coefficient (Wildman–Crippen LogP) is 6.02. The zero-order chi connectivity index (χ0) is 22.9. The van der Waals surface area contributed by atoms with Crippen LogP contribution in [0.25, 0.3) is 5.69 Å². The van der Waals surface area contributed by atoms with Gasteiger partial charge in [0.1, 0.15) is 11.8 Å². The topological polar surface area (TPSA) is 42.3 Å². The summed E-state index contributed by atoms with van der Waals surface area (Å²) in [6.45, 7) is 2.09. The van der Waals surface area contributed by atoms with Gasteiger partial charge in [-0.1, -0.05) is 35.4 Å². The number of pyridine rings is 1. The molecule has 166 valence electrons. The maximum absolute atomic E-state index is 6.49. The van der Waals surface area contributed by atoms with Crippen molar-refractivity contribution in [3.8, 4) is 11.4 Å². The second kappa shape index (κ2) is 8.89. The lowest BCUT2D eigenvalue weighted by molar-refractivity contribution is 0.415. The lowest BCUT2D eigenvalue weighted by Gasteiger charge is -2.29. The summed E-state index contributed by atoms with van der Waals surface area (Å²) < 4.78 is 7.55. The van der Waals surface area contributed by atoms with Crippen molar-refractivity contribution in [1.82, 2.24) is 14.9 Å². The van der Waals surface area contributed by atoms with E-state index in [0.717, 1.165) is 22.8 Å². The van der Waals surface area contributed by atoms with E-state index < -0.39 is 0 Å². The Bertz CT molecular complexity index is 1290. The van der Waals surface area contributed by atoms with Gasteiger partial charge in [0.2, 0.25) is 0 Å². The Kier molecular flexibility index (Phi) is 5.79. The van der Waals surface area contributed by atoms with Gasteiger partial charge in [-0.2, -0.15) is 0 Å². The highest BCUT2D eigenvalue weighted by Crippen LogP contribution is 2.43. The van der Waals surface area contributed by atoms with E-state index in [1.54, 1.807) is 7.11 Å². The van der Waals surface area contributed by atoms with Crippen LogP contribution >= 0.6 is 23.8 Å². The van der Waals surface area contributed by atoms with Crippen LogP contribution in [0.5, 0.6) is 5.75 Å². The summed E-state index contributed by atoms with van der Waals surface area (Å²) in [6, 6.07) is 24.1. The number of benzene rings is 2. The Morgan fingerprint density at radius 1 is 1.00 bits per heavy atom. The lowest BCUT2D eigenvalue weighted by Crippen LogP contribution is -2.30. The quantitative estimate of drug-likeness (QED) is 0.358. The third-order valence-corrected chi connectivity index (χ3v) is 6.52. The number of anilines is 1. The first-order valence-electron chi connectivity index (χ1n) is 10.7. The Labute approximate surface area is 203 Å². The number of aryl methyl sites for hydroxylation is 1. The number of aromatic nitrogens is 2. The van der Waals surface area contributed by atoms with Crippen molar-refractivity contribution in [2.24, 2.45) is 0 Å². The van der Waals surface area contributed by atoms with Crippen molar-refractivity contribution in [2.75, 3.05) is 12.0 Å². The predicted molar refractivity (Wildman–Crippen MR) is 136 cm³/mol. The monoisotopic (exact) mass is 474 g/mol. The van der Waals surface area contributed by atoms with Gasteiger partial charge >= 0.3 is 0 Å². The summed E-state index contributed by atoms with van der Waals surface area (Å²) in [7, 11) is 1.61. The summed E-state index contributed by atoms with van der Waals surface area (Å²) >= 11 is 12.3. The zero-order valence-corrected chi connectivity index (χ0v) is 19.8. The highest BCUT2D eigenvalue weighted by atomic mass is 35.5. The fourth-order valence-corrected chi connectivity index (χ4v) is 4.91.